The van der Waals surface area contributed by atoms with E-state index in [-0.39, 0.29) is 0 Å². The minimum atomic E-state index is -1.78. The molecule has 0 aromatic heterocycles. The lowest BCUT2D eigenvalue weighted by Crippen LogP contribution is -2.14. The highest BCUT2D eigenvalue weighted by atomic mass is 35.7. The molecule has 0 rings (SSSR count). The average Bonchev–Trinajstić information content (AvgIpc) is 1.21. The van der Waals surface area contributed by atoms with E-state index < -0.39 is 6.69 Å². The van der Waals surface area contributed by atoms with Crippen LogP contribution in [0.3, 0.4) is 0 Å². The third kappa shape index (κ3) is 6.80. The van der Waals surface area contributed by atoms with E-state index in [1.54, 1.807) is 0 Å². The maximum absolute atomic E-state index is 5.83. The van der Waals surface area contributed by atoms with Gasteiger partial charge >= 0.3 is 0 Å². The summed E-state index contributed by atoms with van der Waals surface area (Å²) in [4.78, 5) is 0. The maximum atomic E-state index is 5.83. The van der Waals surface area contributed by atoms with Gasteiger partial charge in [-0.15, -0.1) is 22.2 Å². The molecule has 50 valence electrons. The number of halogens is 2. The van der Waals surface area contributed by atoms with Gasteiger partial charge in [-0.3, -0.25) is 0 Å². The quantitative estimate of drug-likeness (QED) is 0.442. The summed E-state index contributed by atoms with van der Waals surface area (Å²) in [6, 6.07) is 0.996. The van der Waals surface area contributed by atoms with Gasteiger partial charge in [0.25, 0.3) is 0 Å². The van der Waals surface area contributed by atoms with Crippen molar-refractivity contribution in [2.75, 3.05) is 0 Å². The predicted molar refractivity (Wildman–Crippen MR) is 43.0 cm³/mol. The lowest BCUT2D eigenvalue weighted by Gasteiger charge is -2.11. The van der Waals surface area contributed by atoms with Gasteiger partial charge in [-0.25, -0.2) is 0 Å². The fourth-order valence-corrected chi connectivity index (χ4v) is 4.00. The second-order valence-corrected chi connectivity index (χ2v) is 10.8. The molecule has 0 bridgehead atoms. The van der Waals surface area contributed by atoms with Crippen LogP contribution in [0.4, 0.5) is 0 Å². The summed E-state index contributed by atoms with van der Waals surface area (Å²) in [5.41, 5.74) is 0. The Balaban J connectivity index is 3.39. The summed E-state index contributed by atoms with van der Waals surface area (Å²) in [7, 11) is 0. The molecule has 0 radical (unpaired) electrons. The summed E-state index contributed by atoms with van der Waals surface area (Å²) in [5, 5.41) is 0. The van der Waals surface area contributed by atoms with Crippen LogP contribution in [0.25, 0.3) is 0 Å². The first-order valence-electron chi connectivity index (χ1n) is 2.79. The van der Waals surface area contributed by atoms with Gasteiger partial charge in [-0.05, 0) is 18.5 Å². The molecule has 0 spiro atoms. The van der Waals surface area contributed by atoms with Crippen molar-refractivity contribution in [3.63, 3.8) is 0 Å². The van der Waals surface area contributed by atoms with Crippen molar-refractivity contribution in [3.8, 4) is 0 Å². The molecule has 0 N–H and O–H groups in total. The minimum absolute atomic E-state index is 0.640. The van der Waals surface area contributed by atoms with Crippen LogP contribution in [0.5, 0.6) is 0 Å². The highest BCUT2D eigenvalue weighted by molar-refractivity contribution is 7.44. The molecular weight excluding hydrogens is 159 g/mol. The van der Waals surface area contributed by atoms with Crippen molar-refractivity contribution < 1.29 is 0 Å². The van der Waals surface area contributed by atoms with E-state index in [4.69, 9.17) is 22.2 Å². The Morgan fingerprint density at radius 3 is 1.75 bits per heavy atom. The molecule has 0 amide bonds. The summed E-state index contributed by atoms with van der Waals surface area (Å²) >= 11 is 11.7. The number of hydrogen-bond donors (Lipinski definition) is 0. The fraction of sp³-hybridized carbons (Fsp3) is 1.00. The molecule has 0 atom stereocenters. The Morgan fingerprint density at radius 2 is 1.75 bits per heavy atom. The molecule has 3 heteroatoms. The normalized spacial score (nSPS) is 12.8. The molecule has 0 saturated carbocycles. The Labute approximate surface area is 61.6 Å². The fourth-order valence-electron chi connectivity index (χ4n) is 0.717. The first-order valence-corrected chi connectivity index (χ1v) is 7.53. The Morgan fingerprint density at radius 1 is 1.38 bits per heavy atom. The van der Waals surface area contributed by atoms with E-state index in [0.29, 0.717) is 5.92 Å². The highest BCUT2D eigenvalue weighted by Gasteiger charge is 2.21. The SMILES string of the molecule is CC(C)C[Si](C)(Cl)Cl. The molecule has 0 heterocycles. The van der Waals surface area contributed by atoms with Crippen LogP contribution in [0.2, 0.25) is 12.6 Å². The smallest absolute Gasteiger partial charge is 0.146 e. The second kappa shape index (κ2) is 3.09. The van der Waals surface area contributed by atoms with Gasteiger partial charge in [0.1, 0.15) is 0 Å². The zero-order valence-electron chi connectivity index (χ0n) is 5.54. The van der Waals surface area contributed by atoms with E-state index >= 15 is 0 Å². The maximum Gasteiger partial charge on any atom is 0.248 e. The van der Waals surface area contributed by atoms with Crippen LogP contribution in [0.15, 0.2) is 0 Å². The van der Waals surface area contributed by atoms with Crippen molar-refractivity contribution in [1.82, 2.24) is 0 Å². The van der Waals surface area contributed by atoms with Crippen molar-refractivity contribution in [2.24, 2.45) is 5.92 Å². The molecule has 8 heavy (non-hydrogen) atoms. The molecule has 0 unspecified atom stereocenters. The first kappa shape index (κ1) is 8.80. The second-order valence-electron chi connectivity index (χ2n) is 2.67. The largest absolute Gasteiger partial charge is 0.248 e. The van der Waals surface area contributed by atoms with Gasteiger partial charge < -0.3 is 0 Å². The molecular formula is C5H12Cl2Si. The zero-order valence-corrected chi connectivity index (χ0v) is 8.05. The first-order chi connectivity index (χ1) is 3.42. The zero-order chi connectivity index (χ0) is 6.78. The van der Waals surface area contributed by atoms with E-state index in [9.17, 15) is 0 Å². The Hall–Kier alpha value is 0.797. The third-order valence-corrected chi connectivity index (χ3v) is 3.23. The lowest BCUT2D eigenvalue weighted by atomic mass is 10.3. The minimum Gasteiger partial charge on any atom is -0.146 e. The molecule has 0 aromatic carbocycles. The predicted octanol–water partition coefficient (Wildman–Crippen LogP) is 3.19. The summed E-state index contributed by atoms with van der Waals surface area (Å²) in [6.45, 7) is 4.45. The molecule has 0 fully saturated rings. The van der Waals surface area contributed by atoms with Crippen LogP contribution >= 0.6 is 22.2 Å². The molecule has 0 nitrogen and oxygen atoms in total. The van der Waals surface area contributed by atoms with E-state index in [1.165, 1.54) is 0 Å². The van der Waals surface area contributed by atoms with Crippen molar-refractivity contribution in [1.29, 1.82) is 0 Å². The van der Waals surface area contributed by atoms with Crippen LogP contribution in [-0.4, -0.2) is 6.69 Å². The van der Waals surface area contributed by atoms with Gasteiger partial charge in [0.05, 0.1) is 0 Å². The summed E-state index contributed by atoms with van der Waals surface area (Å²) in [5.74, 6) is 0.640. The standard InChI is InChI=1S/C5H12Cl2Si/c1-5(2)4-8(3,6)7/h5H,4H2,1-3H3. The molecule has 0 aliphatic heterocycles. The highest BCUT2D eigenvalue weighted by Crippen LogP contribution is 2.23. The van der Waals surface area contributed by atoms with E-state index in [1.807, 2.05) is 6.55 Å². The Bertz CT molecular complexity index is 65.3. The monoisotopic (exact) mass is 170 g/mol. The lowest BCUT2D eigenvalue weighted by molar-refractivity contribution is 0.728. The molecule has 0 saturated heterocycles. The third-order valence-electron chi connectivity index (χ3n) is 0.767. The molecule has 0 aliphatic carbocycles. The van der Waals surface area contributed by atoms with Crippen LogP contribution < -0.4 is 0 Å². The average molecular weight is 171 g/mol. The van der Waals surface area contributed by atoms with E-state index in [0.717, 1.165) is 6.04 Å². The van der Waals surface area contributed by atoms with Gasteiger partial charge in [-0.2, -0.15) is 0 Å². The number of rotatable bonds is 2. The Kier molecular flexibility index (Phi) is 3.40. The summed E-state index contributed by atoms with van der Waals surface area (Å²) in [6.07, 6.45) is 0. The van der Waals surface area contributed by atoms with Crippen LogP contribution in [-0.2, 0) is 0 Å². The van der Waals surface area contributed by atoms with Gasteiger partial charge in [0.15, 0.2) is 0 Å². The topological polar surface area (TPSA) is 0 Å². The van der Waals surface area contributed by atoms with E-state index in [2.05, 4.69) is 13.8 Å². The van der Waals surface area contributed by atoms with Crippen molar-refractivity contribution in [3.05, 3.63) is 0 Å². The van der Waals surface area contributed by atoms with Gasteiger partial charge in [0.2, 0.25) is 6.69 Å². The van der Waals surface area contributed by atoms with Crippen molar-refractivity contribution >= 4 is 28.9 Å². The van der Waals surface area contributed by atoms with Crippen LogP contribution in [0, 0.1) is 5.92 Å². The summed E-state index contributed by atoms with van der Waals surface area (Å²) < 4.78 is 0. The molecule has 0 aromatic rings. The molecule has 0 aliphatic rings. The van der Waals surface area contributed by atoms with Crippen molar-refractivity contribution in [2.45, 2.75) is 26.4 Å². The van der Waals surface area contributed by atoms with Crippen LogP contribution in [0.1, 0.15) is 13.8 Å². The van der Waals surface area contributed by atoms with Gasteiger partial charge in [-0.1, -0.05) is 13.8 Å². The number of hydrogen-bond acceptors (Lipinski definition) is 0. The van der Waals surface area contributed by atoms with Gasteiger partial charge in [0, 0.05) is 0 Å².